The molecule has 0 heteroatoms. The maximum absolute atomic E-state index is 2.53. The standard InChI is InChI=1S/C15H30/c1-7-13-12(5)9-14(13)15(6,8-2)10-11(3)4/h11-14H,7-10H2,1-6H3. The van der Waals surface area contributed by atoms with Crippen LogP contribution in [-0.2, 0) is 0 Å². The van der Waals surface area contributed by atoms with Gasteiger partial charge in [0, 0.05) is 0 Å². The van der Waals surface area contributed by atoms with E-state index in [0.29, 0.717) is 5.41 Å². The molecule has 90 valence electrons. The van der Waals surface area contributed by atoms with E-state index in [-0.39, 0.29) is 0 Å². The fourth-order valence-corrected chi connectivity index (χ4v) is 3.93. The molecule has 1 rings (SSSR count). The van der Waals surface area contributed by atoms with E-state index >= 15 is 0 Å². The molecule has 0 saturated heterocycles. The quantitative estimate of drug-likeness (QED) is 0.590. The Morgan fingerprint density at radius 1 is 1.27 bits per heavy atom. The summed E-state index contributed by atoms with van der Waals surface area (Å²) in [5.41, 5.74) is 0.612. The van der Waals surface area contributed by atoms with Crippen LogP contribution in [0.1, 0.15) is 67.2 Å². The van der Waals surface area contributed by atoms with Gasteiger partial charge in [0.15, 0.2) is 0 Å². The van der Waals surface area contributed by atoms with E-state index in [1.807, 2.05) is 0 Å². The highest BCUT2D eigenvalue weighted by Gasteiger charge is 2.46. The molecule has 1 fully saturated rings. The van der Waals surface area contributed by atoms with Gasteiger partial charge in [-0.3, -0.25) is 0 Å². The Morgan fingerprint density at radius 2 is 1.87 bits per heavy atom. The first-order valence-electron chi connectivity index (χ1n) is 6.94. The minimum absolute atomic E-state index is 0.612. The molecule has 4 atom stereocenters. The second-order valence-corrected chi connectivity index (χ2v) is 6.50. The van der Waals surface area contributed by atoms with Gasteiger partial charge in [-0.1, -0.05) is 54.4 Å². The van der Waals surface area contributed by atoms with Crippen molar-refractivity contribution >= 4 is 0 Å². The van der Waals surface area contributed by atoms with Gasteiger partial charge >= 0.3 is 0 Å². The fraction of sp³-hybridized carbons (Fsp3) is 1.00. The van der Waals surface area contributed by atoms with E-state index in [1.165, 1.54) is 25.7 Å². The average Bonchev–Trinajstić information content (AvgIpc) is 2.13. The smallest absolute Gasteiger partial charge is 0.0295 e. The van der Waals surface area contributed by atoms with Crippen LogP contribution in [0.4, 0.5) is 0 Å². The lowest BCUT2D eigenvalue weighted by molar-refractivity contribution is -0.0372. The molecule has 1 saturated carbocycles. The van der Waals surface area contributed by atoms with E-state index in [4.69, 9.17) is 0 Å². The van der Waals surface area contributed by atoms with Crippen LogP contribution in [0.2, 0.25) is 0 Å². The van der Waals surface area contributed by atoms with Gasteiger partial charge in [0.25, 0.3) is 0 Å². The molecule has 0 bridgehead atoms. The van der Waals surface area contributed by atoms with Crippen molar-refractivity contribution < 1.29 is 0 Å². The van der Waals surface area contributed by atoms with Gasteiger partial charge in [0.2, 0.25) is 0 Å². The van der Waals surface area contributed by atoms with Crippen LogP contribution in [-0.4, -0.2) is 0 Å². The van der Waals surface area contributed by atoms with Crippen LogP contribution in [0.3, 0.4) is 0 Å². The average molecular weight is 210 g/mol. The molecule has 0 aromatic heterocycles. The Balaban J connectivity index is 2.66. The van der Waals surface area contributed by atoms with Gasteiger partial charge in [-0.05, 0) is 41.9 Å². The Hall–Kier alpha value is 0. The topological polar surface area (TPSA) is 0 Å². The van der Waals surface area contributed by atoms with Crippen molar-refractivity contribution in [1.82, 2.24) is 0 Å². The molecule has 15 heavy (non-hydrogen) atoms. The lowest BCUT2D eigenvalue weighted by atomic mass is 9.52. The zero-order chi connectivity index (χ0) is 11.6. The second-order valence-electron chi connectivity index (χ2n) is 6.50. The first-order chi connectivity index (χ1) is 6.94. The van der Waals surface area contributed by atoms with Gasteiger partial charge < -0.3 is 0 Å². The summed E-state index contributed by atoms with van der Waals surface area (Å²) in [6.07, 6.45) is 5.64. The zero-order valence-electron chi connectivity index (χ0n) is 11.6. The summed E-state index contributed by atoms with van der Waals surface area (Å²) in [5.74, 6) is 3.85. The largest absolute Gasteiger partial charge is 0.0651 e. The van der Waals surface area contributed by atoms with E-state index < -0.39 is 0 Å². The van der Waals surface area contributed by atoms with Crippen LogP contribution < -0.4 is 0 Å². The minimum Gasteiger partial charge on any atom is -0.0651 e. The molecule has 0 radical (unpaired) electrons. The monoisotopic (exact) mass is 210 g/mol. The molecular weight excluding hydrogens is 180 g/mol. The third-order valence-electron chi connectivity index (χ3n) is 4.92. The Bertz CT molecular complexity index is 194. The van der Waals surface area contributed by atoms with Gasteiger partial charge in [0.1, 0.15) is 0 Å². The van der Waals surface area contributed by atoms with E-state index in [0.717, 1.165) is 23.7 Å². The molecule has 0 heterocycles. The Morgan fingerprint density at radius 3 is 2.20 bits per heavy atom. The van der Waals surface area contributed by atoms with Crippen LogP contribution >= 0.6 is 0 Å². The lowest BCUT2D eigenvalue weighted by Crippen LogP contribution is -2.45. The molecule has 1 aliphatic carbocycles. The molecule has 4 unspecified atom stereocenters. The summed E-state index contributed by atoms with van der Waals surface area (Å²) < 4.78 is 0. The first-order valence-corrected chi connectivity index (χ1v) is 6.94. The fourth-order valence-electron chi connectivity index (χ4n) is 3.93. The molecule has 0 N–H and O–H groups in total. The van der Waals surface area contributed by atoms with Crippen molar-refractivity contribution in [3.05, 3.63) is 0 Å². The van der Waals surface area contributed by atoms with Crippen LogP contribution in [0, 0.1) is 29.1 Å². The van der Waals surface area contributed by atoms with Crippen molar-refractivity contribution in [2.24, 2.45) is 29.1 Å². The summed E-state index contributed by atoms with van der Waals surface area (Å²) in [5, 5.41) is 0. The second kappa shape index (κ2) is 4.89. The molecule has 0 amide bonds. The normalized spacial score (nSPS) is 35.0. The van der Waals surface area contributed by atoms with E-state index in [2.05, 4.69) is 41.5 Å². The minimum atomic E-state index is 0.612. The highest BCUT2D eigenvalue weighted by Crippen LogP contribution is 2.55. The summed E-state index contributed by atoms with van der Waals surface area (Å²) in [7, 11) is 0. The third kappa shape index (κ3) is 2.57. The highest BCUT2D eigenvalue weighted by atomic mass is 14.5. The number of hydrogen-bond donors (Lipinski definition) is 0. The predicted octanol–water partition coefficient (Wildman–Crippen LogP) is 5.13. The molecule has 0 nitrogen and oxygen atoms in total. The number of hydrogen-bond acceptors (Lipinski definition) is 0. The first kappa shape index (κ1) is 13.1. The van der Waals surface area contributed by atoms with Crippen LogP contribution in [0.5, 0.6) is 0 Å². The molecular formula is C15H30. The van der Waals surface area contributed by atoms with Gasteiger partial charge in [-0.25, -0.2) is 0 Å². The van der Waals surface area contributed by atoms with Crippen molar-refractivity contribution in [2.45, 2.75) is 67.2 Å². The summed E-state index contributed by atoms with van der Waals surface area (Å²) >= 11 is 0. The Kier molecular flexibility index (Phi) is 4.26. The maximum Gasteiger partial charge on any atom is -0.0295 e. The Labute approximate surface area is 96.8 Å². The molecule has 0 aromatic carbocycles. The van der Waals surface area contributed by atoms with E-state index in [1.54, 1.807) is 0 Å². The molecule has 0 spiro atoms. The van der Waals surface area contributed by atoms with Crippen molar-refractivity contribution in [1.29, 1.82) is 0 Å². The highest BCUT2D eigenvalue weighted by molar-refractivity contribution is 4.95. The maximum atomic E-state index is 2.53. The summed E-state index contributed by atoms with van der Waals surface area (Å²) in [6, 6.07) is 0. The zero-order valence-corrected chi connectivity index (χ0v) is 11.6. The SMILES string of the molecule is CCC1C(C)CC1C(C)(CC)CC(C)C. The van der Waals surface area contributed by atoms with Crippen molar-refractivity contribution in [3.8, 4) is 0 Å². The summed E-state index contributed by atoms with van der Waals surface area (Å²) in [4.78, 5) is 0. The van der Waals surface area contributed by atoms with Crippen molar-refractivity contribution in [3.63, 3.8) is 0 Å². The van der Waals surface area contributed by atoms with Crippen LogP contribution in [0.25, 0.3) is 0 Å². The van der Waals surface area contributed by atoms with Crippen molar-refractivity contribution in [2.75, 3.05) is 0 Å². The summed E-state index contributed by atoms with van der Waals surface area (Å²) in [6.45, 7) is 14.5. The third-order valence-corrected chi connectivity index (χ3v) is 4.92. The predicted molar refractivity (Wildman–Crippen MR) is 68.9 cm³/mol. The molecule has 0 aliphatic heterocycles. The lowest BCUT2D eigenvalue weighted by Gasteiger charge is -2.53. The molecule has 0 aromatic rings. The van der Waals surface area contributed by atoms with Crippen LogP contribution in [0.15, 0.2) is 0 Å². The van der Waals surface area contributed by atoms with Gasteiger partial charge in [0.05, 0.1) is 0 Å². The molecule has 1 aliphatic rings. The number of rotatable bonds is 5. The van der Waals surface area contributed by atoms with E-state index in [9.17, 15) is 0 Å². The van der Waals surface area contributed by atoms with Gasteiger partial charge in [-0.2, -0.15) is 0 Å². The van der Waals surface area contributed by atoms with Gasteiger partial charge in [-0.15, -0.1) is 0 Å².